The minimum Gasteiger partial charge on any atom is -0.0620 e. The quantitative estimate of drug-likeness (QED) is 0.118. The number of carbonyl (C=O) groups excluding carboxylic acids is 2. The van der Waals surface area contributed by atoms with E-state index in [9.17, 15) is 9.59 Å². The van der Waals surface area contributed by atoms with E-state index < -0.39 is 15.8 Å². The van der Waals surface area contributed by atoms with E-state index in [-0.39, 0.29) is 11.1 Å². The fourth-order valence-corrected chi connectivity index (χ4v) is 10.4. The molecule has 0 aromatic heterocycles. The molecule has 7 aromatic carbocycles. The van der Waals surface area contributed by atoms with E-state index >= 15 is 0 Å². The SMILES string of the molecule is O=[C-]c1ccccc1[C-]=O.[Cl][Co+2].c1ccc([PH+](c2ccccc2)c2ccccc2)cc1.c1ccc([PH+](c2ccccc2)c2ccccc2)cc1. The Hall–Kier alpha value is -4.46. The largest absolute Gasteiger partial charge is 0.102 e. The maximum Gasteiger partial charge on any atom is 0.102 e. The molecule has 0 radical (unpaired) electrons. The van der Waals surface area contributed by atoms with E-state index in [2.05, 4.69) is 207 Å². The molecule has 248 valence electrons. The van der Waals surface area contributed by atoms with Crippen molar-refractivity contribution in [2.75, 3.05) is 0 Å². The van der Waals surface area contributed by atoms with Crippen molar-refractivity contribution in [3.05, 3.63) is 217 Å². The van der Waals surface area contributed by atoms with Gasteiger partial charge in [0.2, 0.25) is 0 Å². The molecule has 0 fully saturated rings. The molecule has 7 aromatic rings. The van der Waals surface area contributed by atoms with Crippen molar-refractivity contribution in [3.8, 4) is 0 Å². The molecule has 0 N–H and O–H groups in total. The van der Waals surface area contributed by atoms with Gasteiger partial charge in [-0.15, -0.1) is 12.1 Å². The Labute approximate surface area is 310 Å². The Morgan fingerprint density at radius 3 is 0.620 bits per heavy atom. The summed E-state index contributed by atoms with van der Waals surface area (Å²) in [4.78, 5) is 20.2. The molecule has 0 amide bonds. The molecule has 0 aliphatic rings. The topological polar surface area (TPSA) is 34.1 Å². The molecule has 0 saturated carbocycles. The van der Waals surface area contributed by atoms with Crippen molar-refractivity contribution in [1.29, 1.82) is 0 Å². The minimum atomic E-state index is -0.877. The zero-order chi connectivity index (χ0) is 35.2. The van der Waals surface area contributed by atoms with E-state index in [1.165, 1.54) is 44.0 Å². The molecule has 2 nitrogen and oxygen atoms in total. The first-order chi connectivity index (χ1) is 24.8. The maximum atomic E-state index is 10.1. The molecule has 0 aliphatic carbocycles. The van der Waals surface area contributed by atoms with Gasteiger partial charge in [0, 0.05) is 0 Å². The summed E-state index contributed by atoms with van der Waals surface area (Å²) in [6.45, 7) is 0. The zero-order valence-electron chi connectivity index (χ0n) is 27.2. The van der Waals surface area contributed by atoms with Gasteiger partial charge >= 0.3 is 25.0 Å². The molecule has 0 spiro atoms. The van der Waals surface area contributed by atoms with Crippen LogP contribution in [0.1, 0.15) is 11.1 Å². The molecular formula is C44H36ClCoO2P2+2. The first-order valence-electron chi connectivity index (χ1n) is 15.8. The molecule has 50 heavy (non-hydrogen) atoms. The second-order valence-electron chi connectivity index (χ2n) is 10.7. The van der Waals surface area contributed by atoms with Crippen LogP contribution in [0.25, 0.3) is 0 Å². The van der Waals surface area contributed by atoms with E-state index in [4.69, 9.17) is 0 Å². The van der Waals surface area contributed by atoms with Crippen LogP contribution >= 0.6 is 26.0 Å². The van der Waals surface area contributed by atoms with Crippen molar-refractivity contribution < 1.29 is 24.4 Å². The fourth-order valence-electron chi connectivity index (χ4n) is 5.29. The van der Waals surface area contributed by atoms with Crippen LogP contribution in [0.2, 0.25) is 0 Å². The summed E-state index contributed by atoms with van der Waals surface area (Å²) in [6.07, 6.45) is 3.27. The van der Waals surface area contributed by atoms with Gasteiger partial charge in [-0.1, -0.05) is 109 Å². The summed E-state index contributed by atoms with van der Waals surface area (Å²) in [5.41, 5.74) is 0.523. The minimum absolute atomic E-state index is 0.262. The van der Waals surface area contributed by atoms with Gasteiger partial charge in [0.15, 0.2) is 0 Å². The average molecular weight is 753 g/mol. The normalized spacial score (nSPS) is 9.92. The first-order valence-corrected chi connectivity index (χ1v) is 20.3. The van der Waals surface area contributed by atoms with Crippen LogP contribution in [0.5, 0.6) is 0 Å². The first kappa shape index (κ1) is 38.3. The molecule has 0 saturated heterocycles. The summed E-state index contributed by atoms with van der Waals surface area (Å²) >= 11 is 3.03. The summed E-state index contributed by atoms with van der Waals surface area (Å²) < 4.78 is 0. The Morgan fingerprint density at radius 2 is 0.460 bits per heavy atom. The molecule has 0 heterocycles. The summed E-state index contributed by atoms with van der Waals surface area (Å²) in [6, 6.07) is 71.4. The van der Waals surface area contributed by atoms with Crippen molar-refractivity contribution in [2.24, 2.45) is 0 Å². The van der Waals surface area contributed by atoms with Crippen molar-refractivity contribution >= 4 is 70.4 Å². The van der Waals surface area contributed by atoms with E-state index in [1.54, 1.807) is 24.7 Å². The molecule has 7 rings (SSSR count). The van der Waals surface area contributed by atoms with Crippen LogP contribution in [-0.4, -0.2) is 12.6 Å². The van der Waals surface area contributed by atoms with Gasteiger partial charge in [0.1, 0.15) is 31.8 Å². The van der Waals surface area contributed by atoms with Gasteiger partial charge in [-0.25, -0.2) is 12.1 Å². The van der Waals surface area contributed by atoms with Gasteiger partial charge in [-0.3, -0.25) is 11.1 Å². The van der Waals surface area contributed by atoms with Crippen molar-refractivity contribution in [3.63, 3.8) is 0 Å². The molecule has 6 heteroatoms. The van der Waals surface area contributed by atoms with Gasteiger partial charge in [-0.05, 0) is 85.4 Å². The summed E-state index contributed by atoms with van der Waals surface area (Å²) in [5.74, 6) is 0. The monoisotopic (exact) mass is 752 g/mol. The molecule has 0 aliphatic heterocycles. The molecular weight excluding hydrogens is 717 g/mol. The van der Waals surface area contributed by atoms with Gasteiger partial charge < -0.3 is 9.59 Å². The Kier molecular flexibility index (Phi) is 17.1. The van der Waals surface area contributed by atoms with Crippen molar-refractivity contribution in [2.45, 2.75) is 0 Å². The molecule has 0 atom stereocenters. The van der Waals surface area contributed by atoms with Gasteiger partial charge in [-0.2, -0.15) is 0 Å². The van der Waals surface area contributed by atoms with Gasteiger partial charge in [0.25, 0.3) is 0 Å². The van der Waals surface area contributed by atoms with E-state index in [1.807, 2.05) is 0 Å². The zero-order valence-corrected chi connectivity index (χ0v) is 31.0. The number of benzene rings is 7. The average Bonchev–Trinajstić information content (AvgIpc) is 3.22. The van der Waals surface area contributed by atoms with Gasteiger partial charge in [0.05, 0.1) is 15.8 Å². The number of rotatable bonds is 8. The van der Waals surface area contributed by atoms with Crippen LogP contribution in [0.4, 0.5) is 0 Å². The number of hydrogen-bond donors (Lipinski definition) is 0. The van der Waals surface area contributed by atoms with Crippen LogP contribution in [0, 0.1) is 0 Å². The second kappa shape index (κ2) is 22.3. The predicted molar refractivity (Wildman–Crippen MR) is 215 cm³/mol. The third kappa shape index (κ3) is 11.6. The standard InChI is InChI=1S/2C18H15P.C8H4O2.ClH.Co/c2*1-4-10-16(11-5-1)19(17-12-6-2-7-13-17)18-14-8-3-9-15-18;9-5-7-3-1-2-4-8(7)6-10;;/h2*1-15H;1-4H;1H;/q;;-2;;+3/p+1. The second-order valence-corrected chi connectivity index (χ2v) is 15.7. The molecule has 0 bridgehead atoms. The maximum absolute atomic E-state index is 10.1. The van der Waals surface area contributed by atoms with E-state index in [0.717, 1.165) is 0 Å². The third-order valence-electron chi connectivity index (χ3n) is 7.52. The van der Waals surface area contributed by atoms with Crippen LogP contribution in [0.15, 0.2) is 206 Å². The summed E-state index contributed by atoms with van der Waals surface area (Å²) in [5, 5.41) is 8.61. The smallest absolute Gasteiger partial charge is 0.0620 e. The molecule has 0 unspecified atom stereocenters. The Morgan fingerprint density at radius 1 is 0.300 bits per heavy atom. The van der Waals surface area contributed by atoms with E-state index in [0.29, 0.717) is 0 Å². The van der Waals surface area contributed by atoms with Crippen LogP contribution in [0.3, 0.4) is 0 Å². The number of halogens is 1. The fraction of sp³-hybridized carbons (Fsp3) is 0. The Bertz CT molecular complexity index is 1620. The van der Waals surface area contributed by atoms with Crippen molar-refractivity contribution in [1.82, 2.24) is 0 Å². The summed E-state index contributed by atoms with van der Waals surface area (Å²) in [7, 11) is 2.57. The predicted octanol–water partition coefficient (Wildman–Crippen LogP) is 7.64. The Balaban J connectivity index is 0.000000172. The van der Waals surface area contributed by atoms with Crippen LogP contribution in [-0.2, 0) is 24.4 Å². The third-order valence-corrected chi connectivity index (χ3v) is 13.0. The number of hydrogen-bond acceptors (Lipinski definition) is 2. The van der Waals surface area contributed by atoms with Crippen LogP contribution < -0.4 is 31.8 Å².